The third-order valence-electron chi connectivity index (χ3n) is 13.2. The second-order valence-electron chi connectivity index (χ2n) is 20.9. The van der Waals surface area contributed by atoms with E-state index in [-0.39, 0.29) is 31.1 Å². The van der Waals surface area contributed by atoms with Crippen LogP contribution in [0.1, 0.15) is 324 Å². The molecule has 6 heteroatoms. The van der Waals surface area contributed by atoms with Gasteiger partial charge in [0.2, 0.25) is 0 Å². The quantitative estimate of drug-likeness (QED) is 0.0344. The smallest absolute Gasteiger partial charge is 0.306 e. The highest BCUT2D eigenvalue weighted by molar-refractivity contribution is 5.71. The molecule has 0 unspecified atom stereocenters. The molecule has 0 aromatic carbocycles. The van der Waals surface area contributed by atoms with Gasteiger partial charge in [0.15, 0.2) is 6.10 Å². The van der Waals surface area contributed by atoms with Crippen LogP contribution in [0.2, 0.25) is 0 Å². The molecule has 0 heterocycles. The fourth-order valence-electron chi connectivity index (χ4n) is 8.87. The first-order chi connectivity index (χ1) is 31.2. The van der Waals surface area contributed by atoms with E-state index < -0.39 is 6.10 Å². The molecule has 380 valence electrons. The number of hydrogen-bond donors (Lipinski definition) is 0. The molecule has 0 aliphatic heterocycles. The summed E-state index contributed by atoms with van der Waals surface area (Å²) >= 11 is 0. The molecule has 0 N–H and O–H groups in total. The van der Waals surface area contributed by atoms with Crippen molar-refractivity contribution in [2.45, 2.75) is 330 Å². The minimum absolute atomic E-state index is 0.0628. The van der Waals surface area contributed by atoms with Crippen LogP contribution < -0.4 is 0 Å². The van der Waals surface area contributed by atoms with Crippen LogP contribution in [0.25, 0.3) is 0 Å². The lowest BCUT2D eigenvalue weighted by molar-refractivity contribution is -0.167. The van der Waals surface area contributed by atoms with Crippen molar-refractivity contribution in [2.75, 3.05) is 13.2 Å². The van der Waals surface area contributed by atoms with Gasteiger partial charge in [-0.1, -0.05) is 285 Å². The first-order valence-corrected chi connectivity index (χ1v) is 28.7. The van der Waals surface area contributed by atoms with Gasteiger partial charge >= 0.3 is 17.9 Å². The zero-order chi connectivity index (χ0) is 46.8. The summed E-state index contributed by atoms with van der Waals surface area (Å²) in [6.07, 6.45) is 53.8. The van der Waals surface area contributed by atoms with E-state index in [9.17, 15) is 14.4 Å². The molecule has 6 nitrogen and oxygen atoms in total. The highest BCUT2D eigenvalue weighted by Crippen LogP contribution is 2.18. The number of ether oxygens (including phenoxy) is 3. The number of carbonyl (C=O) groups is 3. The molecule has 0 radical (unpaired) electrons. The molecule has 0 spiro atoms. The van der Waals surface area contributed by atoms with E-state index in [1.807, 2.05) is 0 Å². The third-order valence-corrected chi connectivity index (χ3v) is 13.2. The van der Waals surface area contributed by atoms with Gasteiger partial charge in [-0.05, 0) is 31.1 Å². The van der Waals surface area contributed by atoms with Gasteiger partial charge in [0, 0.05) is 19.3 Å². The predicted octanol–water partition coefficient (Wildman–Crippen LogP) is 18.9. The summed E-state index contributed by atoms with van der Waals surface area (Å²) in [4.78, 5) is 38.1. The maximum absolute atomic E-state index is 12.8. The molecular formula is C58H112O6. The van der Waals surface area contributed by atoms with Crippen molar-refractivity contribution in [3.8, 4) is 0 Å². The monoisotopic (exact) mass is 905 g/mol. The van der Waals surface area contributed by atoms with E-state index in [4.69, 9.17) is 14.2 Å². The molecule has 0 aromatic heterocycles. The molecule has 0 saturated carbocycles. The van der Waals surface area contributed by atoms with Crippen LogP contribution in [0.5, 0.6) is 0 Å². The average Bonchev–Trinajstić information content (AvgIpc) is 3.27. The Morgan fingerprint density at radius 1 is 0.297 bits per heavy atom. The van der Waals surface area contributed by atoms with Crippen LogP contribution in [-0.2, 0) is 28.6 Å². The number of rotatable bonds is 52. The van der Waals surface area contributed by atoms with Gasteiger partial charge in [0.05, 0.1) is 0 Å². The molecule has 1 atom stereocenters. The summed E-state index contributed by atoms with van der Waals surface area (Å²) in [6.45, 7) is 11.4. The summed E-state index contributed by atoms with van der Waals surface area (Å²) in [5.74, 6) is 0.822. The van der Waals surface area contributed by atoms with E-state index >= 15 is 0 Å². The van der Waals surface area contributed by atoms with Gasteiger partial charge in [0.25, 0.3) is 0 Å². The first kappa shape index (κ1) is 62.4. The zero-order valence-corrected chi connectivity index (χ0v) is 43.9. The molecule has 0 aromatic rings. The Morgan fingerprint density at radius 2 is 0.516 bits per heavy atom. The lowest BCUT2D eigenvalue weighted by Crippen LogP contribution is -2.30. The summed E-state index contributed by atoms with van der Waals surface area (Å²) in [5, 5.41) is 0. The van der Waals surface area contributed by atoms with Crippen LogP contribution in [0.15, 0.2) is 0 Å². The van der Waals surface area contributed by atoms with Crippen molar-refractivity contribution in [3.63, 3.8) is 0 Å². The fourth-order valence-corrected chi connectivity index (χ4v) is 8.87. The summed E-state index contributed by atoms with van der Waals surface area (Å²) in [5.41, 5.74) is 0. The molecule has 0 saturated heterocycles. The Bertz CT molecular complexity index is 978. The molecule has 0 aliphatic rings. The fraction of sp³-hybridized carbons (Fsp3) is 0.948. The Hall–Kier alpha value is -1.59. The molecule has 0 aliphatic carbocycles. The van der Waals surface area contributed by atoms with Crippen LogP contribution in [-0.4, -0.2) is 37.2 Å². The summed E-state index contributed by atoms with van der Waals surface area (Å²) < 4.78 is 16.9. The highest BCUT2D eigenvalue weighted by Gasteiger charge is 2.19. The Labute approximate surface area is 399 Å². The van der Waals surface area contributed by atoms with Crippen LogP contribution in [0, 0.1) is 11.8 Å². The van der Waals surface area contributed by atoms with E-state index in [0.717, 1.165) is 69.6 Å². The second-order valence-corrected chi connectivity index (χ2v) is 20.9. The Balaban J connectivity index is 4.30. The largest absolute Gasteiger partial charge is 0.462 e. The minimum Gasteiger partial charge on any atom is -0.462 e. The van der Waals surface area contributed by atoms with Crippen LogP contribution in [0.4, 0.5) is 0 Å². The molecule has 0 fully saturated rings. The maximum Gasteiger partial charge on any atom is 0.306 e. The zero-order valence-electron chi connectivity index (χ0n) is 43.9. The van der Waals surface area contributed by atoms with Crippen molar-refractivity contribution in [3.05, 3.63) is 0 Å². The minimum atomic E-state index is -0.763. The Kier molecular flexibility index (Phi) is 49.6. The highest BCUT2D eigenvalue weighted by atomic mass is 16.6. The van der Waals surface area contributed by atoms with Gasteiger partial charge in [-0.15, -0.1) is 0 Å². The van der Waals surface area contributed by atoms with Crippen molar-refractivity contribution >= 4 is 17.9 Å². The predicted molar refractivity (Wildman–Crippen MR) is 275 cm³/mol. The number of carbonyl (C=O) groups excluding carboxylic acids is 3. The molecule has 0 amide bonds. The van der Waals surface area contributed by atoms with E-state index in [1.165, 1.54) is 212 Å². The summed E-state index contributed by atoms with van der Waals surface area (Å²) in [7, 11) is 0. The molecule has 0 bridgehead atoms. The van der Waals surface area contributed by atoms with E-state index in [0.29, 0.717) is 19.3 Å². The average molecular weight is 906 g/mol. The van der Waals surface area contributed by atoms with Gasteiger partial charge in [-0.25, -0.2) is 0 Å². The topological polar surface area (TPSA) is 78.9 Å². The maximum atomic E-state index is 12.8. The lowest BCUT2D eigenvalue weighted by atomic mass is 10.0. The van der Waals surface area contributed by atoms with E-state index in [1.54, 1.807) is 0 Å². The second kappa shape index (κ2) is 50.8. The van der Waals surface area contributed by atoms with Gasteiger partial charge < -0.3 is 14.2 Å². The van der Waals surface area contributed by atoms with Gasteiger partial charge in [-0.3, -0.25) is 14.4 Å². The van der Waals surface area contributed by atoms with Gasteiger partial charge in [-0.2, -0.15) is 0 Å². The van der Waals surface area contributed by atoms with E-state index in [2.05, 4.69) is 34.6 Å². The molecule has 64 heavy (non-hydrogen) atoms. The van der Waals surface area contributed by atoms with Crippen molar-refractivity contribution in [1.29, 1.82) is 0 Å². The molecular weight excluding hydrogens is 793 g/mol. The van der Waals surface area contributed by atoms with Crippen molar-refractivity contribution < 1.29 is 28.6 Å². The number of esters is 3. The number of hydrogen-bond acceptors (Lipinski definition) is 6. The normalized spacial score (nSPS) is 12.0. The van der Waals surface area contributed by atoms with Crippen LogP contribution in [0.3, 0.4) is 0 Å². The molecule has 0 rings (SSSR count). The Morgan fingerprint density at radius 3 is 0.766 bits per heavy atom. The lowest BCUT2D eigenvalue weighted by Gasteiger charge is -2.18. The summed E-state index contributed by atoms with van der Waals surface area (Å²) in [6, 6.07) is 0. The first-order valence-electron chi connectivity index (χ1n) is 28.7. The standard InChI is InChI=1S/C58H112O6/c1-6-7-8-9-10-11-12-13-14-15-19-22-28-33-38-43-48-56(59)62-51-55(52-63-57(60)49-44-39-34-29-25-24-27-32-37-42-47-54(4)5)64-58(61)50-45-40-35-30-23-20-17-16-18-21-26-31-36-41-46-53(2)3/h53-55H,6-52H2,1-5H3/t55-/m1/s1. The van der Waals surface area contributed by atoms with Gasteiger partial charge in [0.1, 0.15) is 13.2 Å². The number of unbranched alkanes of at least 4 members (excludes halogenated alkanes) is 37. The van der Waals surface area contributed by atoms with Crippen molar-refractivity contribution in [2.24, 2.45) is 11.8 Å². The third kappa shape index (κ3) is 51.4. The van der Waals surface area contributed by atoms with Crippen molar-refractivity contribution in [1.82, 2.24) is 0 Å². The SMILES string of the molecule is CCCCCCCCCCCCCCCCCCC(=O)OC[C@H](COC(=O)CCCCCCCCCCCCC(C)C)OC(=O)CCCCCCCCCCCCCCCCC(C)C. The van der Waals surface area contributed by atoms with Crippen LogP contribution >= 0.6 is 0 Å².